The molecule has 0 N–H and O–H groups in total. The molecular weight excluding hydrogens is 334 g/mol. The van der Waals surface area contributed by atoms with Gasteiger partial charge in [-0.15, -0.1) is 0 Å². The van der Waals surface area contributed by atoms with Gasteiger partial charge in [0.15, 0.2) is 0 Å². The zero-order chi connectivity index (χ0) is 15.1. The van der Waals surface area contributed by atoms with Crippen molar-refractivity contribution in [2.45, 2.75) is 13.3 Å². The van der Waals surface area contributed by atoms with E-state index in [9.17, 15) is 4.79 Å². The van der Waals surface area contributed by atoms with E-state index in [-0.39, 0.29) is 19.0 Å². The summed E-state index contributed by atoms with van der Waals surface area (Å²) in [4.78, 5) is 15.8. The van der Waals surface area contributed by atoms with Crippen molar-refractivity contribution in [3.63, 3.8) is 0 Å². The van der Waals surface area contributed by atoms with Gasteiger partial charge in [-0.05, 0) is 36.8 Å². The third-order valence-corrected chi connectivity index (χ3v) is 3.23. The van der Waals surface area contributed by atoms with Gasteiger partial charge in [-0.25, -0.2) is 0 Å². The lowest BCUT2D eigenvalue weighted by atomic mass is 10.2. The van der Waals surface area contributed by atoms with E-state index in [0.29, 0.717) is 6.61 Å². The molecule has 0 aliphatic rings. The van der Waals surface area contributed by atoms with Crippen LogP contribution in [0.1, 0.15) is 11.3 Å². The minimum atomic E-state index is -0.279. The minimum absolute atomic E-state index is 0.226. The topological polar surface area (TPSA) is 48.4 Å². The maximum Gasteiger partial charge on any atom is 0.310 e. The lowest BCUT2D eigenvalue weighted by molar-refractivity contribution is -0.143. The lowest BCUT2D eigenvalue weighted by Gasteiger charge is -2.07. The fourth-order valence-electron chi connectivity index (χ4n) is 1.69. The predicted molar refractivity (Wildman–Crippen MR) is 83.3 cm³/mol. The number of nitrogens with zero attached hydrogens (tertiary/aromatic N) is 1. The van der Waals surface area contributed by atoms with E-state index in [0.717, 1.165) is 21.5 Å². The van der Waals surface area contributed by atoms with E-state index in [4.69, 9.17) is 9.47 Å². The quantitative estimate of drug-likeness (QED) is 0.592. The number of ether oxygens (including phenoxy) is 2. The first kappa shape index (κ1) is 15.5. The second-order valence-electron chi connectivity index (χ2n) is 4.51. The highest BCUT2D eigenvalue weighted by Crippen LogP contribution is 2.17. The number of hydrogen-bond acceptors (Lipinski definition) is 4. The van der Waals surface area contributed by atoms with Crippen LogP contribution >= 0.6 is 15.9 Å². The second kappa shape index (κ2) is 7.78. The number of rotatable bonds is 6. The molecule has 110 valence electrons. The molecule has 0 unspecified atom stereocenters. The van der Waals surface area contributed by atoms with Gasteiger partial charge >= 0.3 is 5.97 Å². The molecule has 0 bridgehead atoms. The maximum atomic E-state index is 11.6. The summed E-state index contributed by atoms with van der Waals surface area (Å²) in [6.07, 6.45) is 1.92. The van der Waals surface area contributed by atoms with Gasteiger partial charge in [0.05, 0.1) is 6.42 Å². The largest absolute Gasteiger partial charge is 0.490 e. The minimum Gasteiger partial charge on any atom is -0.490 e. The molecule has 5 heteroatoms. The Labute approximate surface area is 132 Å². The van der Waals surface area contributed by atoms with Crippen molar-refractivity contribution in [2.75, 3.05) is 13.2 Å². The van der Waals surface area contributed by atoms with Crippen molar-refractivity contribution in [2.24, 2.45) is 0 Å². The lowest BCUT2D eigenvalue weighted by Crippen LogP contribution is -2.14. The van der Waals surface area contributed by atoms with E-state index in [1.54, 1.807) is 6.20 Å². The molecule has 0 spiro atoms. The molecule has 0 aliphatic heterocycles. The smallest absolute Gasteiger partial charge is 0.310 e. The average molecular weight is 350 g/mol. The average Bonchev–Trinajstić information content (AvgIpc) is 2.46. The summed E-state index contributed by atoms with van der Waals surface area (Å²) in [5.41, 5.74) is 1.77. The number of benzene rings is 1. The number of pyridine rings is 1. The Hall–Kier alpha value is -1.88. The molecule has 2 rings (SSSR count). The number of hydrogen-bond donors (Lipinski definition) is 0. The standard InChI is InChI=1S/C16H16BrNO3/c1-12-5-6-13(11-18-12)9-16(19)21-8-7-20-15-4-2-3-14(17)10-15/h2-6,10-11H,7-9H2,1H3. The summed E-state index contributed by atoms with van der Waals surface area (Å²) in [7, 11) is 0. The molecule has 4 nitrogen and oxygen atoms in total. The van der Waals surface area contributed by atoms with Crippen LogP contribution in [0.5, 0.6) is 5.75 Å². The van der Waals surface area contributed by atoms with Gasteiger partial charge < -0.3 is 9.47 Å². The monoisotopic (exact) mass is 349 g/mol. The van der Waals surface area contributed by atoms with Crippen molar-refractivity contribution in [1.29, 1.82) is 0 Å². The van der Waals surface area contributed by atoms with Gasteiger partial charge in [-0.3, -0.25) is 9.78 Å². The Bertz CT molecular complexity index is 599. The Morgan fingerprint density at radius 3 is 2.81 bits per heavy atom. The Morgan fingerprint density at radius 1 is 1.24 bits per heavy atom. The Morgan fingerprint density at radius 2 is 2.10 bits per heavy atom. The van der Waals surface area contributed by atoms with Crippen LogP contribution < -0.4 is 4.74 Å². The highest BCUT2D eigenvalue weighted by Gasteiger charge is 2.05. The van der Waals surface area contributed by atoms with Crippen LogP contribution in [0.15, 0.2) is 47.1 Å². The molecule has 0 saturated heterocycles. The number of carbonyl (C=O) groups excluding carboxylic acids is 1. The molecule has 21 heavy (non-hydrogen) atoms. The molecular formula is C16H16BrNO3. The number of carbonyl (C=O) groups is 1. The third-order valence-electron chi connectivity index (χ3n) is 2.73. The molecule has 0 atom stereocenters. The van der Waals surface area contributed by atoms with E-state index in [2.05, 4.69) is 20.9 Å². The second-order valence-corrected chi connectivity index (χ2v) is 5.43. The molecule has 1 heterocycles. The van der Waals surface area contributed by atoms with Crippen molar-refractivity contribution < 1.29 is 14.3 Å². The summed E-state index contributed by atoms with van der Waals surface area (Å²) in [5.74, 6) is 0.460. The molecule has 1 aromatic carbocycles. The molecule has 1 aromatic heterocycles. The first-order chi connectivity index (χ1) is 10.1. The molecule has 0 amide bonds. The Balaban J connectivity index is 1.68. The predicted octanol–water partition coefficient (Wildman–Crippen LogP) is 3.32. The summed E-state index contributed by atoms with van der Waals surface area (Å²) in [5, 5.41) is 0. The number of aryl methyl sites for hydroxylation is 1. The molecule has 0 saturated carbocycles. The van der Waals surface area contributed by atoms with Crippen LogP contribution in [0.3, 0.4) is 0 Å². The van der Waals surface area contributed by atoms with Crippen LogP contribution in [0, 0.1) is 6.92 Å². The van der Waals surface area contributed by atoms with E-state index in [1.807, 2.05) is 43.3 Å². The van der Waals surface area contributed by atoms with E-state index in [1.165, 1.54) is 0 Å². The van der Waals surface area contributed by atoms with Gasteiger partial charge in [0.1, 0.15) is 19.0 Å². The summed E-state index contributed by atoms with van der Waals surface area (Å²) in [6.45, 7) is 2.46. The first-order valence-electron chi connectivity index (χ1n) is 6.59. The zero-order valence-electron chi connectivity index (χ0n) is 11.7. The number of aromatic nitrogens is 1. The number of halogens is 1. The van der Waals surface area contributed by atoms with E-state index < -0.39 is 0 Å². The fourth-order valence-corrected chi connectivity index (χ4v) is 2.07. The van der Waals surface area contributed by atoms with Gasteiger partial charge in [0.2, 0.25) is 0 Å². The molecule has 0 aliphatic carbocycles. The summed E-state index contributed by atoms with van der Waals surface area (Å²) in [6, 6.07) is 11.3. The van der Waals surface area contributed by atoms with Gasteiger partial charge in [0, 0.05) is 16.4 Å². The first-order valence-corrected chi connectivity index (χ1v) is 7.38. The summed E-state index contributed by atoms with van der Waals surface area (Å²) < 4.78 is 11.6. The summed E-state index contributed by atoms with van der Waals surface area (Å²) >= 11 is 3.37. The van der Waals surface area contributed by atoms with Crippen molar-refractivity contribution in [3.05, 3.63) is 58.3 Å². The molecule has 0 radical (unpaired) electrons. The Kier molecular flexibility index (Phi) is 5.75. The fraction of sp³-hybridized carbons (Fsp3) is 0.250. The third kappa shape index (κ3) is 5.55. The van der Waals surface area contributed by atoms with E-state index >= 15 is 0 Å². The molecule has 0 fully saturated rings. The SMILES string of the molecule is Cc1ccc(CC(=O)OCCOc2cccc(Br)c2)cn1. The van der Waals surface area contributed by atoms with Crippen molar-refractivity contribution in [1.82, 2.24) is 4.98 Å². The highest BCUT2D eigenvalue weighted by atomic mass is 79.9. The van der Waals surface area contributed by atoms with Crippen molar-refractivity contribution >= 4 is 21.9 Å². The zero-order valence-corrected chi connectivity index (χ0v) is 13.3. The van der Waals surface area contributed by atoms with Crippen LogP contribution in [-0.4, -0.2) is 24.2 Å². The van der Waals surface area contributed by atoms with Crippen LogP contribution in [0.25, 0.3) is 0 Å². The van der Waals surface area contributed by atoms with Crippen LogP contribution in [0.4, 0.5) is 0 Å². The van der Waals surface area contributed by atoms with Crippen LogP contribution in [-0.2, 0) is 16.0 Å². The highest BCUT2D eigenvalue weighted by molar-refractivity contribution is 9.10. The number of esters is 1. The molecule has 2 aromatic rings. The van der Waals surface area contributed by atoms with Gasteiger partial charge in [0.25, 0.3) is 0 Å². The van der Waals surface area contributed by atoms with Crippen molar-refractivity contribution in [3.8, 4) is 5.75 Å². The normalized spacial score (nSPS) is 10.2. The van der Waals surface area contributed by atoms with Gasteiger partial charge in [-0.2, -0.15) is 0 Å². The van der Waals surface area contributed by atoms with Crippen LogP contribution in [0.2, 0.25) is 0 Å². The maximum absolute atomic E-state index is 11.6. The van der Waals surface area contributed by atoms with Gasteiger partial charge in [-0.1, -0.05) is 28.1 Å².